The summed E-state index contributed by atoms with van der Waals surface area (Å²) in [6, 6.07) is 21.3. The largest absolute Gasteiger partial charge is 0.355 e. The van der Waals surface area contributed by atoms with E-state index in [4.69, 9.17) is 0 Å². The number of hydrogen-bond acceptors (Lipinski definition) is 5. The van der Waals surface area contributed by atoms with Gasteiger partial charge in [0.15, 0.2) is 11.5 Å². The summed E-state index contributed by atoms with van der Waals surface area (Å²) in [4.78, 5) is 34.5. The average Bonchev–Trinajstić information content (AvgIpc) is 3.13. The van der Waals surface area contributed by atoms with Gasteiger partial charge < -0.3 is 5.32 Å². The quantitative estimate of drug-likeness (QED) is 0.518. The van der Waals surface area contributed by atoms with Crippen molar-refractivity contribution in [3.8, 4) is 5.69 Å². The first-order chi connectivity index (χ1) is 14.2. The smallest absolute Gasteiger partial charge is 0.303 e. The predicted molar refractivity (Wildman–Crippen MR) is 108 cm³/mol. The van der Waals surface area contributed by atoms with Gasteiger partial charge in [-0.1, -0.05) is 36.4 Å². The molecule has 140 valence electrons. The molecule has 5 aromatic rings. The van der Waals surface area contributed by atoms with Gasteiger partial charge in [-0.15, -0.1) is 5.10 Å². The molecule has 0 fully saturated rings. The lowest BCUT2D eigenvalue weighted by molar-refractivity contribution is 0.102. The lowest BCUT2D eigenvalue weighted by Gasteiger charge is -2.07. The fourth-order valence-corrected chi connectivity index (χ4v) is 3.13. The van der Waals surface area contributed by atoms with Gasteiger partial charge in [-0.2, -0.15) is 4.68 Å². The number of pyridine rings is 1. The van der Waals surface area contributed by atoms with Gasteiger partial charge in [0, 0.05) is 11.8 Å². The maximum atomic E-state index is 13.1. The van der Waals surface area contributed by atoms with E-state index in [2.05, 4.69) is 20.4 Å². The number of carbonyl (C=O) groups is 1. The van der Waals surface area contributed by atoms with E-state index in [1.807, 2.05) is 24.3 Å². The fourth-order valence-electron chi connectivity index (χ4n) is 3.13. The molecule has 0 aliphatic carbocycles. The van der Waals surface area contributed by atoms with Gasteiger partial charge in [0.1, 0.15) is 0 Å². The van der Waals surface area contributed by atoms with Crippen LogP contribution in [0.5, 0.6) is 0 Å². The van der Waals surface area contributed by atoms with Crippen LogP contribution in [-0.4, -0.2) is 30.1 Å². The molecule has 0 saturated carbocycles. The first-order valence-electron chi connectivity index (χ1n) is 8.91. The number of hydrogen-bond donors (Lipinski definition) is 1. The Bertz CT molecular complexity index is 1410. The minimum absolute atomic E-state index is 0.164. The van der Waals surface area contributed by atoms with Gasteiger partial charge in [-0.05, 0) is 36.4 Å². The predicted octanol–water partition coefficient (Wildman–Crippen LogP) is 2.68. The van der Waals surface area contributed by atoms with Crippen LogP contribution < -0.4 is 11.0 Å². The van der Waals surface area contributed by atoms with Gasteiger partial charge in [-0.3, -0.25) is 4.79 Å². The van der Waals surface area contributed by atoms with E-state index >= 15 is 0 Å². The van der Waals surface area contributed by atoms with E-state index in [9.17, 15) is 9.59 Å². The van der Waals surface area contributed by atoms with Crippen molar-refractivity contribution in [3.05, 3.63) is 95.0 Å². The molecule has 0 unspecified atom stereocenters. The van der Waals surface area contributed by atoms with Crippen LogP contribution in [0.3, 0.4) is 0 Å². The number of nitrogens with one attached hydrogen (secondary N) is 1. The first-order valence-corrected chi connectivity index (χ1v) is 8.91. The van der Waals surface area contributed by atoms with Gasteiger partial charge >= 0.3 is 5.69 Å². The fraction of sp³-hybridized carbons (Fsp3) is 0. The van der Waals surface area contributed by atoms with Gasteiger partial charge in [-0.25, -0.2) is 19.2 Å². The number of aromatic nitrogens is 5. The highest BCUT2D eigenvalue weighted by atomic mass is 16.2. The Balaban J connectivity index is 1.75. The third kappa shape index (κ3) is 2.83. The summed E-state index contributed by atoms with van der Waals surface area (Å²) in [5.41, 5.74) is 1.79. The van der Waals surface area contributed by atoms with Crippen molar-refractivity contribution in [2.45, 2.75) is 0 Å². The van der Waals surface area contributed by atoms with Crippen LogP contribution in [0.2, 0.25) is 0 Å². The molecule has 0 spiro atoms. The molecule has 1 amide bonds. The average molecular weight is 382 g/mol. The van der Waals surface area contributed by atoms with Crippen LogP contribution in [0.15, 0.2) is 83.8 Å². The molecule has 0 bridgehead atoms. The van der Waals surface area contributed by atoms with Crippen LogP contribution in [0, 0.1) is 0 Å². The number of benzene rings is 2. The summed E-state index contributed by atoms with van der Waals surface area (Å²) in [6.07, 6.45) is 1.58. The van der Waals surface area contributed by atoms with Gasteiger partial charge in [0.2, 0.25) is 5.65 Å². The second-order valence-corrected chi connectivity index (χ2v) is 6.32. The van der Waals surface area contributed by atoms with Crippen molar-refractivity contribution < 1.29 is 4.79 Å². The number of carbonyl (C=O) groups excluding carboxylic acids is 1. The molecule has 0 radical (unpaired) electrons. The highest BCUT2D eigenvalue weighted by Gasteiger charge is 2.19. The zero-order valence-corrected chi connectivity index (χ0v) is 15.1. The van der Waals surface area contributed by atoms with Crippen LogP contribution in [-0.2, 0) is 0 Å². The molecular formula is C21H14N6O2. The topological polar surface area (TPSA) is 94.2 Å². The highest BCUT2D eigenvalue weighted by Crippen LogP contribution is 2.19. The van der Waals surface area contributed by atoms with Gasteiger partial charge in [0.05, 0.1) is 11.2 Å². The molecule has 5 rings (SSSR count). The van der Waals surface area contributed by atoms with Crippen LogP contribution in [0.1, 0.15) is 10.4 Å². The number of fused-ring (bicyclic) bond motifs is 3. The van der Waals surface area contributed by atoms with Crippen LogP contribution >= 0.6 is 0 Å². The van der Waals surface area contributed by atoms with Crippen LogP contribution in [0.25, 0.3) is 22.5 Å². The highest BCUT2D eigenvalue weighted by molar-refractivity contribution is 6.05. The molecule has 0 atom stereocenters. The third-order valence-corrected chi connectivity index (χ3v) is 4.48. The summed E-state index contributed by atoms with van der Waals surface area (Å²) in [6.45, 7) is 0. The maximum absolute atomic E-state index is 13.1. The molecule has 29 heavy (non-hydrogen) atoms. The molecular weight excluding hydrogens is 368 g/mol. The summed E-state index contributed by atoms with van der Waals surface area (Å²) in [5.74, 6) is -0.186. The van der Waals surface area contributed by atoms with E-state index in [-0.39, 0.29) is 23.1 Å². The third-order valence-electron chi connectivity index (χ3n) is 4.48. The van der Waals surface area contributed by atoms with Gasteiger partial charge in [0.25, 0.3) is 5.91 Å². The molecule has 8 heteroatoms. The molecule has 1 N–H and O–H groups in total. The number of nitrogens with zero attached hydrogens (tertiary/aromatic N) is 5. The Morgan fingerprint density at radius 2 is 1.62 bits per heavy atom. The lowest BCUT2D eigenvalue weighted by atomic mass is 10.2. The summed E-state index contributed by atoms with van der Waals surface area (Å²) >= 11 is 0. The number of amides is 1. The van der Waals surface area contributed by atoms with E-state index < -0.39 is 0 Å². The SMILES string of the molecule is O=C(Nc1nc2ncccc2n2c(=O)n(-c3ccccc3)nc12)c1ccccc1. The minimum Gasteiger partial charge on any atom is -0.303 e. The van der Waals surface area contributed by atoms with Crippen molar-refractivity contribution >= 4 is 28.5 Å². The molecule has 8 nitrogen and oxygen atoms in total. The van der Waals surface area contributed by atoms with Crippen molar-refractivity contribution in [3.63, 3.8) is 0 Å². The summed E-state index contributed by atoms with van der Waals surface area (Å²) in [5, 5.41) is 7.20. The Hall–Kier alpha value is -4.33. The molecule has 0 aliphatic rings. The zero-order chi connectivity index (χ0) is 19.8. The summed E-state index contributed by atoms with van der Waals surface area (Å²) in [7, 11) is 0. The summed E-state index contributed by atoms with van der Waals surface area (Å²) < 4.78 is 2.69. The Labute approximate surface area is 164 Å². The lowest BCUT2D eigenvalue weighted by Crippen LogP contribution is -2.20. The number of para-hydroxylation sites is 1. The van der Waals surface area contributed by atoms with Crippen molar-refractivity contribution in [1.82, 2.24) is 24.1 Å². The molecule has 2 aromatic carbocycles. The Kier molecular flexibility index (Phi) is 3.87. The number of anilines is 1. The number of rotatable bonds is 3. The first kappa shape index (κ1) is 16.8. The van der Waals surface area contributed by atoms with Crippen molar-refractivity contribution in [1.29, 1.82) is 0 Å². The van der Waals surface area contributed by atoms with Crippen molar-refractivity contribution in [2.24, 2.45) is 0 Å². The normalized spacial score (nSPS) is 11.0. The van der Waals surface area contributed by atoms with Crippen LogP contribution in [0.4, 0.5) is 5.82 Å². The minimum atomic E-state index is -0.373. The molecule has 3 aromatic heterocycles. The molecule has 0 aliphatic heterocycles. The molecule has 0 saturated heterocycles. The molecule has 3 heterocycles. The maximum Gasteiger partial charge on any atom is 0.355 e. The van der Waals surface area contributed by atoms with Crippen molar-refractivity contribution in [2.75, 3.05) is 5.32 Å². The zero-order valence-electron chi connectivity index (χ0n) is 15.1. The second-order valence-electron chi connectivity index (χ2n) is 6.32. The standard InChI is InChI=1S/C21H14N6O2/c28-20(14-8-3-1-4-9-14)24-18-19-25-27(15-10-5-2-6-11-15)21(29)26(19)16-12-7-13-22-17(16)23-18/h1-13H,(H,22,23,24,28). The van der Waals surface area contributed by atoms with E-state index in [1.54, 1.807) is 54.7 Å². The monoisotopic (exact) mass is 382 g/mol. The Morgan fingerprint density at radius 3 is 2.38 bits per heavy atom. The Morgan fingerprint density at radius 1 is 0.897 bits per heavy atom. The van der Waals surface area contributed by atoms with E-state index in [1.165, 1.54) is 9.08 Å². The second kappa shape index (κ2) is 6.68. The van der Waals surface area contributed by atoms with E-state index in [0.717, 1.165) is 0 Å². The van der Waals surface area contributed by atoms with E-state index in [0.29, 0.717) is 22.4 Å².